The van der Waals surface area contributed by atoms with Crippen molar-refractivity contribution in [3.8, 4) is 0 Å². The van der Waals surface area contributed by atoms with Gasteiger partial charge < -0.3 is 4.98 Å². The third-order valence-electron chi connectivity index (χ3n) is 3.85. The summed E-state index contributed by atoms with van der Waals surface area (Å²) in [4.78, 5) is 10.1. The largest absolute Gasteiger partial charge is 0.325 e. The van der Waals surface area contributed by atoms with Crippen LogP contribution in [-0.2, 0) is 0 Å². The minimum Gasteiger partial charge on any atom is -0.325 e. The molecular weight excluding hydrogens is 314 g/mol. The highest BCUT2D eigenvalue weighted by molar-refractivity contribution is 7.71. The molecule has 1 N–H and O–H groups in total. The van der Waals surface area contributed by atoms with E-state index < -0.39 is 0 Å². The molecule has 0 fully saturated rings. The van der Waals surface area contributed by atoms with Crippen LogP contribution in [-0.4, -0.2) is 9.97 Å². The standard InChI is InChI=1S/C20H15N3S/c24-19-17-13-7-8-14-18(17)21-20(22-19)23(15-9-3-1-4-10-15)16-11-5-2-6-12-16/h1-14H,(H,21,22,24). The minimum atomic E-state index is 0.594. The molecule has 1 heterocycles. The highest BCUT2D eigenvalue weighted by atomic mass is 32.1. The van der Waals surface area contributed by atoms with E-state index in [1.54, 1.807) is 0 Å². The highest BCUT2D eigenvalue weighted by Crippen LogP contribution is 2.32. The molecule has 0 aliphatic carbocycles. The maximum absolute atomic E-state index is 5.50. The summed E-state index contributed by atoms with van der Waals surface area (Å²) >= 11 is 5.50. The summed E-state index contributed by atoms with van der Waals surface area (Å²) in [5.74, 6) is 0.705. The monoisotopic (exact) mass is 329 g/mol. The second-order valence-corrected chi connectivity index (χ2v) is 5.80. The Morgan fingerprint density at radius 3 is 1.88 bits per heavy atom. The Bertz CT molecular complexity index is 987. The van der Waals surface area contributed by atoms with E-state index in [4.69, 9.17) is 12.2 Å². The summed E-state index contributed by atoms with van der Waals surface area (Å²) in [6.45, 7) is 0. The number of aromatic amines is 1. The zero-order valence-electron chi connectivity index (χ0n) is 12.9. The van der Waals surface area contributed by atoms with Crippen LogP contribution >= 0.6 is 12.2 Å². The van der Waals surface area contributed by atoms with E-state index in [1.165, 1.54) is 0 Å². The topological polar surface area (TPSA) is 31.9 Å². The minimum absolute atomic E-state index is 0.594. The molecule has 0 saturated heterocycles. The lowest BCUT2D eigenvalue weighted by Crippen LogP contribution is -2.13. The van der Waals surface area contributed by atoms with Crippen LogP contribution in [0.25, 0.3) is 10.9 Å². The number of anilines is 3. The Labute approximate surface area is 145 Å². The number of H-pyrrole nitrogens is 1. The van der Waals surface area contributed by atoms with Crippen molar-refractivity contribution in [1.29, 1.82) is 0 Å². The number of hydrogen-bond donors (Lipinski definition) is 1. The first-order valence-corrected chi connectivity index (χ1v) is 8.13. The number of nitrogens with zero attached hydrogens (tertiary/aromatic N) is 2. The van der Waals surface area contributed by atoms with Crippen LogP contribution in [0.4, 0.5) is 17.3 Å². The van der Waals surface area contributed by atoms with Crippen LogP contribution < -0.4 is 4.90 Å². The zero-order valence-corrected chi connectivity index (χ0v) is 13.7. The van der Waals surface area contributed by atoms with Crippen molar-refractivity contribution in [2.24, 2.45) is 0 Å². The molecule has 0 unspecified atom stereocenters. The summed E-state index contributed by atoms with van der Waals surface area (Å²) in [5.41, 5.74) is 3.03. The van der Waals surface area contributed by atoms with Gasteiger partial charge in [-0.2, -0.15) is 0 Å². The second-order valence-electron chi connectivity index (χ2n) is 5.42. The van der Waals surface area contributed by atoms with E-state index in [2.05, 4.69) is 39.1 Å². The van der Waals surface area contributed by atoms with Crippen LogP contribution in [0.3, 0.4) is 0 Å². The average Bonchev–Trinajstić information content (AvgIpc) is 2.64. The molecule has 0 amide bonds. The number of benzene rings is 3. The lowest BCUT2D eigenvalue weighted by atomic mass is 10.2. The number of aromatic nitrogens is 2. The molecule has 0 aliphatic rings. The van der Waals surface area contributed by atoms with Crippen molar-refractivity contribution in [2.75, 3.05) is 4.90 Å². The SMILES string of the molecule is S=c1nc(N(c2ccccc2)c2ccccc2)[nH]c2ccccc12. The molecule has 0 aliphatic heterocycles. The molecule has 0 atom stereocenters. The summed E-state index contributed by atoms with van der Waals surface area (Å²) in [7, 11) is 0. The van der Waals surface area contributed by atoms with Crippen LogP contribution in [0.5, 0.6) is 0 Å². The molecule has 4 aromatic rings. The number of hydrogen-bond acceptors (Lipinski definition) is 3. The van der Waals surface area contributed by atoms with Crippen molar-refractivity contribution < 1.29 is 0 Å². The zero-order chi connectivity index (χ0) is 16.4. The van der Waals surface area contributed by atoms with Gasteiger partial charge in [0.05, 0.1) is 5.52 Å². The van der Waals surface area contributed by atoms with Crippen molar-refractivity contribution in [3.63, 3.8) is 0 Å². The third-order valence-corrected chi connectivity index (χ3v) is 4.16. The van der Waals surface area contributed by atoms with E-state index >= 15 is 0 Å². The highest BCUT2D eigenvalue weighted by Gasteiger charge is 2.14. The molecule has 3 nitrogen and oxygen atoms in total. The predicted molar refractivity (Wildman–Crippen MR) is 102 cm³/mol. The van der Waals surface area contributed by atoms with Gasteiger partial charge in [-0.25, -0.2) is 4.98 Å². The van der Waals surface area contributed by atoms with Crippen LogP contribution in [0.15, 0.2) is 84.9 Å². The lowest BCUT2D eigenvalue weighted by Gasteiger charge is -2.24. The van der Waals surface area contributed by atoms with E-state index in [0.29, 0.717) is 10.6 Å². The Hall–Kier alpha value is -2.98. The summed E-state index contributed by atoms with van der Waals surface area (Å²) in [6.07, 6.45) is 0. The molecule has 0 radical (unpaired) electrons. The van der Waals surface area contributed by atoms with Crippen LogP contribution in [0.1, 0.15) is 0 Å². The van der Waals surface area contributed by atoms with E-state index in [-0.39, 0.29) is 0 Å². The van der Waals surface area contributed by atoms with Gasteiger partial charge in [0.15, 0.2) is 0 Å². The van der Waals surface area contributed by atoms with Gasteiger partial charge in [0.25, 0.3) is 0 Å². The number of para-hydroxylation sites is 3. The maximum Gasteiger partial charge on any atom is 0.213 e. The molecule has 116 valence electrons. The van der Waals surface area contributed by atoms with E-state index in [1.807, 2.05) is 60.7 Å². The Balaban J connectivity index is 1.96. The molecule has 0 spiro atoms. The van der Waals surface area contributed by atoms with Gasteiger partial charge in [0.1, 0.15) is 4.64 Å². The molecule has 4 heteroatoms. The van der Waals surface area contributed by atoms with Crippen molar-refractivity contribution >= 4 is 40.4 Å². The quantitative estimate of drug-likeness (QED) is 0.485. The van der Waals surface area contributed by atoms with Gasteiger partial charge in [0, 0.05) is 16.8 Å². The van der Waals surface area contributed by atoms with Gasteiger partial charge >= 0.3 is 0 Å². The van der Waals surface area contributed by atoms with Gasteiger partial charge in [-0.1, -0.05) is 60.7 Å². The van der Waals surface area contributed by atoms with E-state index in [9.17, 15) is 0 Å². The summed E-state index contributed by atoms with van der Waals surface area (Å²) in [6, 6.07) is 28.3. The van der Waals surface area contributed by atoms with Crippen LogP contribution in [0.2, 0.25) is 0 Å². The van der Waals surface area contributed by atoms with Crippen molar-refractivity contribution in [3.05, 3.63) is 89.6 Å². The van der Waals surface area contributed by atoms with Gasteiger partial charge in [-0.15, -0.1) is 0 Å². The van der Waals surface area contributed by atoms with Gasteiger partial charge in [-0.3, -0.25) is 4.90 Å². The molecule has 0 bridgehead atoms. The molecule has 1 aromatic heterocycles. The molecular formula is C20H15N3S. The smallest absolute Gasteiger partial charge is 0.213 e. The first kappa shape index (κ1) is 14.6. The fraction of sp³-hybridized carbons (Fsp3) is 0. The number of fused-ring (bicyclic) bond motifs is 1. The molecule has 24 heavy (non-hydrogen) atoms. The first-order valence-electron chi connectivity index (χ1n) is 7.72. The molecule has 0 saturated carbocycles. The summed E-state index contributed by atoms with van der Waals surface area (Å²) in [5, 5.41) is 0.956. The van der Waals surface area contributed by atoms with E-state index in [0.717, 1.165) is 22.3 Å². The average molecular weight is 329 g/mol. The maximum atomic E-state index is 5.50. The van der Waals surface area contributed by atoms with Crippen molar-refractivity contribution in [2.45, 2.75) is 0 Å². The lowest BCUT2D eigenvalue weighted by molar-refractivity contribution is 1.10. The Morgan fingerprint density at radius 2 is 1.25 bits per heavy atom. The van der Waals surface area contributed by atoms with Gasteiger partial charge in [0.2, 0.25) is 5.95 Å². The molecule has 4 rings (SSSR count). The fourth-order valence-electron chi connectivity index (χ4n) is 2.74. The third kappa shape index (κ3) is 2.68. The van der Waals surface area contributed by atoms with Gasteiger partial charge in [-0.05, 0) is 36.4 Å². The first-order chi connectivity index (χ1) is 11.8. The molecule has 3 aromatic carbocycles. The summed E-state index contributed by atoms with van der Waals surface area (Å²) < 4.78 is 0.594. The number of nitrogens with one attached hydrogen (secondary N) is 1. The normalized spacial score (nSPS) is 10.7. The van der Waals surface area contributed by atoms with Crippen LogP contribution in [0, 0.1) is 4.64 Å². The predicted octanol–water partition coefficient (Wildman–Crippen LogP) is 5.76. The Kier molecular flexibility index (Phi) is 3.81. The number of rotatable bonds is 3. The Morgan fingerprint density at radius 1 is 0.708 bits per heavy atom. The second kappa shape index (κ2) is 6.26. The van der Waals surface area contributed by atoms with Crippen molar-refractivity contribution in [1.82, 2.24) is 9.97 Å². The fourth-order valence-corrected chi connectivity index (χ4v) is 3.00.